The van der Waals surface area contributed by atoms with Gasteiger partial charge in [-0.3, -0.25) is 9.59 Å². The van der Waals surface area contributed by atoms with Crippen molar-refractivity contribution in [3.05, 3.63) is 47.5 Å². The second-order valence-electron chi connectivity index (χ2n) is 3.45. The lowest BCUT2D eigenvalue weighted by Crippen LogP contribution is -2.21. The van der Waals surface area contributed by atoms with E-state index in [4.69, 9.17) is 10.8 Å². The number of carbonyl (C=O) groups is 3. The number of carboxylic acid groups (broad SMARTS) is 1. The van der Waals surface area contributed by atoms with Crippen LogP contribution in [-0.4, -0.2) is 22.9 Å². The molecule has 1 aromatic carbocycles. The summed E-state index contributed by atoms with van der Waals surface area (Å²) in [6.07, 6.45) is 1.66. The number of aliphatic carboxylic acids is 1. The Morgan fingerprint density at radius 2 is 2.00 bits per heavy atom. The van der Waals surface area contributed by atoms with Gasteiger partial charge in [-0.2, -0.15) is 0 Å². The average Bonchev–Trinajstić information content (AvgIpc) is 2.34. The molecule has 6 heteroatoms. The van der Waals surface area contributed by atoms with E-state index in [1.807, 2.05) is 0 Å². The Morgan fingerprint density at radius 3 is 2.61 bits per heavy atom. The standard InChI is InChI=1S/C12H12N2O4/c13-12(18)9-3-1-2-8(6-9)7-14-10(15)4-5-11(16)17/h1-6H,7H2,(H2,13,18)(H,14,15)(H,16,17)/b5-4+. The minimum atomic E-state index is -1.19. The van der Waals surface area contributed by atoms with Gasteiger partial charge in [-0.25, -0.2) is 4.79 Å². The first kappa shape index (κ1) is 13.4. The number of amides is 2. The molecule has 4 N–H and O–H groups in total. The Balaban J connectivity index is 2.58. The molecule has 0 saturated heterocycles. The first-order valence-corrected chi connectivity index (χ1v) is 5.06. The molecular formula is C12H12N2O4. The van der Waals surface area contributed by atoms with E-state index in [1.165, 1.54) is 0 Å². The molecule has 1 rings (SSSR count). The van der Waals surface area contributed by atoms with Gasteiger partial charge in [0.05, 0.1) is 0 Å². The highest BCUT2D eigenvalue weighted by molar-refractivity contribution is 5.94. The van der Waals surface area contributed by atoms with Gasteiger partial charge in [0.25, 0.3) is 0 Å². The summed E-state index contributed by atoms with van der Waals surface area (Å²) in [5.74, 6) is -2.27. The summed E-state index contributed by atoms with van der Waals surface area (Å²) in [4.78, 5) is 32.3. The molecule has 1 aromatic rings. The van der Waals surface area contributed by atoms with E-state index < -0.39 is 17.8 Å². The number of rotatable bonds is 5. The maximum Gasteiger partial charge on any atom is 0.328 e. The Morgan fingerprint density at radius 1 is 1.28 bits per heavy atom. The molecule has 94 valence electrons. The van der Waals surface area contributed by atoms with Crippen molar-refractivity contribution >= 4 is 17.8 Å². The third-order valence-corrected chi connectivity index (χ3v) is 2.06. The second kappa shape index (κ2) is 6.19. The van der Waals surface area contributed by atoms with E-state index in [0.29, 0.717) is 11.1 Å². The first-order valence-electron chi connectivity index (χ1n) is 5.06. The molecule has 2 amide bonds. The van der Waals surface area contributed by atoms with Gasteiger partial charge in [-0.15, -0.1) is 0 Å². The molecule has 0 unspecified atom stereocenters. The number of carboxylic acids is 1. The van der Waals surface area contributed by atoms with Gasteiger partial charge in [0, 0.05) is 24.3 Å². The summed E-state index contributed by atoms with van der Waals surface area (Å²) in [6.45, 7) is 0.184. The third kappa shape index (κ3) is 4.48. The van der Waals surface area contributed by atoms with Crippen LogP contribution in [0, 0.1) is 0 Å². The van der Waals surface area contributed by atoms with Crippen LogP contribution < -0.4 is 11.1 Å². The Hall–Kier alpha value is -2.63. The van der Waals surface area contributed by atoms with Crippen molar-refractivity contribution in [2.75, 3.05) is 0 Å². The fourth-order valence-corrected chi connectivity index (χ4v) is 1.23. The fourth-order valence-electron chi connectivity index (χ4n) is 1.23. The molecule has 0 spiro atoms. The summed E-state index contributed by atoms with van der Waals surface area (Å²) >= 11 is 0. The Labute approximate surface area is 103 Å². The van der Waals surface area contributed by atoms with Crippen molar-refractivity contribution < 1.29 is 19.5 Å². The van der Waals surface area contributed by atoms with Crippen molar-refractivity contribution in [3.8, 4) is 0 Å². The van der Waals surface area contributed by atoms with Gasteiger partial charge < -0.3 is 16.2 Å². The summed E-state index contributed by atoms with van der Waals surface area (Å²) in [7, 11) is 0. The highest BCUT2D eigenvalue weighted by atomic mass is 16.4. The smallest absolute Gasteiger partial charge is 0.328 e. The number of nitrogens with one attached hydrogen (secondary N) is 1. The number of hydrogen-bond donors (Lipinski definition) is 3. The highest BCUT2D eigenvalue weighted by Crippen LogP contribution is 2.04. The molecule has 0 saturated carbocycles. The normalized spacial score (nSPS) is 10.2. The summed E-state index contributed by atoms with van der Waals surface area (Å²) < 4.78 is 0. The molecule has 0 aliphatic carbocycles. The van der Waals surface area contributed by atoms with Crippen molar-refractivity contribution in [2.45, 2.75) is 6.54 Å². The highest BCUT2D eigenvalue weighted by Gasteiger charge is 2.02. The van der Waals surface area contributed by atoms with E-state index in [-0.39, 0.29) is 6.54 Å². The second-order valence-corrected chi connectivity index (χ2v) is 3.45. The predicted octanol–water partition coefficient (Wildman–Crippen LogP) is 0.0425. The average molecular weight is 248 g/mol. The molecule has 0 atom stereocenters. The number of carbonyl (C=O) groups excluding carboxylic acids is 2. The van der Waals surface area contributed by atoms with Crippen molar-refractivity contribution in [3.63, 3.8) is 0 Å². The maximum atomic E-state index is 11.2. The van der Waals surface area contributed by atoms with Crippen molar-refractivity contribution in [1.29, 1.82) is 0 Å². The molecule has 0 heterocycles. The van der Waals surface area contributed by atoms with Gasteiger partial charge >= 0.3 is 5.97 Å². The van der Waals surface area contributed by atoms with E-state index >= 15 is 0 Å². The SMILES string of the molecule is NC(=O)c1cccc(CNC(=O)/C=C/C(=O)O)c1. The van der Waals surface area contributed by atoms with Crippen LogP contribution >= 0.6 is 0 Å². The topological polar surface area (TPSA) is 109 Å². The zero-order chi connectivity index (χ0) is 13.5. The number of primary amides is 1. The molecule has 6 nitrogen and oxygen atoms in total. The van der Waals surface area contributed by atoms with Crippen LogP contribution in [0.4, 0.5) is 0 Å². The first-order chi connectivity index (χ1) is 8.49. The molecular weight excluding hydrogens is 236 g/mol. The minimum Gasteiger partial charge on any atom is -0.478 e. The van der Waals surface area contributed by atoms with Crippen LogP contribution in [0.1, 0.15) is 15.9 Å². The van der Waals surface area contributed by atoms with Gasteiger partial charge in [0.2, 0.25) is 11.8 Å². The van der Waals surface area contributed by atoms with Gasteiger partial charge in [0.15, 0.2) is 0 Å². The van der Waals surface area contributed by atoms with Gasteiger partial charge in [-0.1, -0.05) is 12.1 Å². The minimum absolute atomic E-state index is 0.184. The lowest BCUT2D eigenvalue weighted by Gasteiger charge is -2.03. The molecule has 0 radical (unpaired) electrons. The Bertz CT molecular complexity index is 509. The monoisotopic (exact) mass is 248 g/mol. The zero-order valence-corrected chi connectivity index (χ0v) is 9.42. The van der Waals surface area contributed by atoms with E-state index in [2.05, 4.69) is 5.32 Å². The summed E-state index contributed by atoms with van der Waals surface area (Å²) in [5.41, 5.74) is 6.16. The maximum absolute atomic E-state index is 11.2. The largest absolute Gasteiger partial charge is 0.478 e. The van der Waals surface area contributed by atoms with Crippen LogP contribution in [0.15, 0.2) is 36.4 Å². The van der Waals surface area contributed by atoms with Crippen molar-refractivity contribution in [1.82, 2.24) is 5.32 Å². The lowest BCUT2D eigenvalue weighted by molar-refractivity contribution is -0.131. The van der Waals surface area contributed by atoms with Gasteiger partial charge in [0.1, 0.15) is 0 Å². The van der Waals surface area contributed by atoms with Crippen LogP contribution in [0.25, 0.3) is 0 Å². The molecule has 18 heavy (non-hydrogen) atoms. The molecule has 0 bridgehead atoms. The molecule has 0 aliphatic heterocycles. The van der Waals surface area contributed by atoms with E-state index in [9.17, 15) is 14.4 Å². The fraction of sp³-hybridized carbons (Fsp3) is 0.0833. The van der Waals surface area contributed by atoms with Crippen molar-refractivity contribution in [2.24, 2.45) is 5.73 Å². The quantitative estimate of drug-likeness (QED) is 0.639. The zero-order valence-electron chi connectivity index (χ0n) is 9.42. The van der Waals surface area contributed by atoms with E-state index in [0.717, 1.165) is 12.2 Å². The molecule has 0 aromatic heterocycles. The summed E-state index contributed by atoms with van der Waals surface area (Å²) in [5, 5.41) is 10.8. The predicted molar refractivity (Wildman–Crippen MR) is 63.6 cm³/mol. The summed E-state index contributed by atoms with van der Waals surface area (Å²) in [6, 6.07) is 6.49. The molecule has 0 aliphatic rings. The van der Waals surface area contributed by atoms with Crippen LogP contribution in [-0.2, 0) is 16.1 Å². The third-order valence-electron chi connectivity index (χ3n) is 2.06. The van der Waals surface area contributed by atoms with Gasteiger partial charge in [-0.05, 0) is 17.7 Å². The van der Waals surface area contributed by atoms with Crippen LogP contribution in [0.2, 0.25) is 0 Å². The van der Waals surface area contributed by atoms with Crippen LogP contribution in [0.5, 0.6) is 0 Å². The number of nitrogens with two attached hydrogens (primary N) is 1. The lowest BCUT2D eigenvalue weighted by atomic mass is 10.1. The van der Waals surface area contributed by atoms with E-state index in [1.54, 1.807) is 24.3 Å². The number of benzene rings is 1. The number of hydrogen-bond acceptors (Lipinski definition) is 3. The molecule has 0 fully saturated rings. The van der Waals surface area contributed by atoms with Crippen LogP contribution in [0.3, 0.4) is 0 Å². The Kier molecular flexibility index (Phi) is 4.62.